The van der Waals surface area contributed by atoms with Crippen LogP contribution >= 0.6 is 11.3 Å². The van der Waals surface area contributed by atoms with Crippen molar-refractivity contribution in [2.45, 2.75) is 5.92 Å². The van der Waals surface area contributed by atoms with Crippen molar-refractivity contribution in [3.63, 3.8) is 0 Å². The van der Waals surface area contributed by atoms with Gasteiger partial charge in [-0.3, -0.25) is 5.10 Å². The summed E-state index contributed by atoms with van der Waals surface area (Å²) in [5.41, 5.74) is 4.48. The lowest BCUT2D eigenvalue weighted by atomic mass is 9.86. The third kappa shape index (κ3) is 2.31. The van der Waals surface area contributed by atoms with E-state index in [4.69, 9.17) is 11.2 Å². The summed E-state index contributed by atoms with van der Waals surface area (Å²) in [6, 6.07) is 16.0. The normalized spacial score (nSPS) is 16.0. The monoisotopic (exact) mass is 396 g/mol. The quantitative estimate of drug-likeness (QED) is 0.410. The molecule has 7 nitrogen and oxygen atoms in total. The summed E-state index contributed by atoms with van der Waals surface area (Å²) in [7, 11) is 0. The van der Waals surface area contributed by atoms with E-state index in [-0.39, 0.29) is 5.92 Å². The van der Waals surface area contributed by atoms with Crippen molar-refractivity contribution < 1.29 is 4.63 Å². The first-order valence-corrected chi connectivity index (χ1v) is 9.77. The lowest BCUT2D eigenvalue weighted by Gasteiger charge is -2.25. The van der Waals surface area contributed by atoms with E-state index in [9.17, 15) is 0 Å². The molecular weight excluding hydrogens is 384 g/mol. The minimum atomic E-state index is -0.321. The van der Waals surface area contributed by atoms with Crippen LogP contribution in [0.2, 0.25) is 0 Å². The Labute approximate surface area is 168 Å². The first-order chi connectivity index (χ1) is 14.3. The molecule has 2 N–H and O–H groups in total. The van der Waals surface area contributed by atoms with Gasteiger partial charge in [0.25, 0.3) is 0 Å². The van der Waals surface area contributed by atoms with Crippen LogP contribution in [0.1, 0.15) is 21.9 Å². The second-order valence-corrected chi connectivity index (χ2v) is 7.84. The Balaban J connectivity index is 1.63. The Morgan fingerprint density at radius 2 is 2.00 bits per heavy atom. The molecule has 0 fully saturated rings. The van der Waals surface area contributed by atoms with Crippen LogP contribution in [0.4, 0.5) is 5.82 Å². The predicted molar refractivity (Wildman–Crippen MR) is 111 cm³/mol. The lowest BCUT2D eigenvalue weighted by molar-refractivity contribution is 0.315. The second kappa shape index (κ2) is 6.02. The zero-order chi connectivity index (χ0) is 19.4. The van der Waals surface area contributed by atoms with E-state index in [0.29, 0.717) is 16.7 Å². The molecule has 0 spiro atoms. The summed E-state index contributed by atoms with van der Waals surface area (Å²) in [6.45, 7) is 8.00. The molecule has 8 heteroatoms. The zero-order valence-electron chi connectivity index (χ0n) is 14.9. The van der Waals surface area contributed by atoms with Crippen LogP contribution in [0, 0.1) is 6.57 Å². The maximum Gasteiger partial charge on any atom is 0.201 e. The van der Waals surface area contributed by atoms with E-state index in [1.165, 1.54) is 4.70 Å². The molecule has 1 aliphatic rings. The highest BCUT2D eigenvalue weighted by atomic mass is 32.1. The molecule has 0 saturated carbocycles. The number of aromatic nitrogens is 4. The minimum absolute atomic E-state index is 0.321. The molecule has 1 unspecified atom stereocenters. The molecule has 5 aromatic rings. The standard InChI is InChI=1S/C21H12N6OS/c1-22-20-17(12-6-4-7-14-18(12)27-28-26-14)13-10-23-25-21(13)24-19(20)16-9-11-5-2-3-8-15(11)29-16/h2-10,17H,(H2,23,24,25). The third-order valence-corrected chi connectivity index (χ3v) is 6.31. The van der Waals surface area contributed by atoms with E-state index < -0.39 is 0 Å². The largest absolute Gasteiger partial charge is 0.349 e. The van der Waals surface area contributed by atoms with Gasteiger partial charge < -0.3 is 5.32 Å². The van der Waals surface area contributed by atoms with Crippen molar-refractivity contribution in [3.05, 3.63) is 87.8 Å². The van der Waals surface area contributed by atoms with Crippen LogP contribution in [0.3, 0.4) is 0 Å². The molecule has 6 rings (SSSR count). The number of nitrogens with one attached hydrogen (secondary N) is 2. The number of benzene rings is 2. The van der Waals surface area contributed by atoms with Crippen LogP contribution in [-0.4, -0.2) is 20.5 Å². The van der Waals surface area contributed by atoms with E-state index in [1.807, 2.05) is 30.3 Å². The molecule has 4 heterocycles. The Bertz CT molecular complexity index is 1430. The van der Waals surface area contributed by atoms with Crippen LogP contribution in [0.25, 0.3) is 31.7 Å². The number of nitrogens with zero attached hydrogens (tertiary/aromatic N) is 4. The Morgan fingerprint density at radius 3 is 2.90 bits per heavy atom. The Kier molecular flexibility index (Phi) is 3.33. The first-order valence-electron chi connectivity index (χ1n) is 8.95. The molecule has 29 heavy (non-hydrogen) atoms. The van der Waals surface area contributed by atoms with Crippen molar-refractivity contribution in [1.82, 2.24) is 20.5 Å². The average molecular weight is 396 g/mol. The highest BCUT2D eigenvalue weighted by molar-refractivity contribution is 7.20. The lowest BCUT2D eigenvalue weighted by Crippen LogP contribution is -2.16. The Morgan fingerprint density at radius 1 is 1.07 bits per heavy atom. The molecule has 1 aliphatic heterocycles. The van der Waals surface area contributed by atoms with Crippen molar-refractivity contribution in [3.8, 4) is 0 Å². The van der Waals surface area contributed by atoms with Crippen molar-refractivity contribution in [2.24, 2.45) is 0 Å². The van der Waals surface area contributed by atoms with Gasteiger partial charge in [-0.05, 0) is 39.5 Å². The molecule has 0 aliphatic carbocycles. The van der Waals surface area contributed by atoms with E-state index in [2.05, 4.69) is 48.9 Å². The maximum atomic E-state index is 8.00. The summed E-state index contributed by atoms with van der Waals surface area (Å²) < 4.78 is 6.13. The van der Waals surface area contributed by atoms with Gasteiger partial charge in [-0.2, -0.15) is 5.10 Å². The molecule has 0 saturated heterocycles. The number of H-pyrrole nitrogens is 1. The van der Waals surface area contributed by atoms with Crippen molar-refractivity contribution in [1.29, 1.82) is 0 Å². The van der Waals surface area contributed by atoms with Crippen LogP contribution < -0.4 is 5.32 Å². The van der Waals surface area contributed by atoms with Crippen LogP contribution in [-0.2, 0) is 0 Å². The van der Waals surface area contributed by atoms with Gasteiger partial charge in [-0.15, -0.1) is 11.3 Å². The fourth-order valence-corrected chi connectivity index (χ4v) is 4.96. The van der Waals surface area contributed by atoms with Gasteiger partial charge in [0.2, 0.25) is 5.70 Å². The van der Waals surface area contributed by atoms with Crippen molar-refractivity contribution in [2.75, 3.05) is 5.32 Å². The number of allylic oxidation sites excluding steroid dienone is 1. The topological polar surface area (TPSA) is 84.0 Å². The molecule has 2 aromatic carbocycles. The third-order valence-electron chi connectivity index (χ3n) is 5.18. The van der Waals surface area contributed by atoms with Gasteiger partial charge in [-0.1, -0.05) is 30.3 Å². The highest BCUT2D eigenvalue weighted by Crippen LogP contribution is 2.46. The second-order valence-electron chi connectivity index (χ2n) is 6.76. The van der Waals surface area contributed by atoms with Gasteiger partial charge >= 0.3 is 0 Å². The summed E-state index contributed by atoms with van der Waals surface area (Å²) >= 11 is 1.66. The summed E-state index contributed by atoms with van der Waals surface area (Å²) in [5, 5.41) is 19.8. The predicted octanol–water partition coefficient (Wildman–Crippen LogP) is 5.01. The molecule has 0 radical (unpaired) electrons. The Hall–Kier alpha value is -3.96. The zero-order valence-corrected chi connectivity index (χ0v) is 15.7. The number of thiophene rings is 1. The average Bonchev–Trinajstić information content (AvgIpc) is 3.50. The number of fused-ring (bicyclic) bond motifs is 3. The van der Waals surface area contributed by atoms with Crippen LogP contribution in [0.5, 0.6) is 0 Å². The van der Waals surface area contributed by atoms with Gasteiger partial charge in [0, 0.05) is 15.1 Å². The fourth-order valence-electron chi connectivity index (χ4n) is 3.88. The number of rotatable bonds is 2. The van der Waals surface area contributed by atoms with E-state index in [1.54, 1.807) is 17.5 Å². The van der Waals surface area contributed by atoms with Gasteiger partial charge in [0.05, 0.1) is 24.4 Å². The van der Waals surface area contributed by atoms with Gasteiger partial charge in [0.1, 0.15) is 16.9 Å². The molecule has 0 amide bonds. The number of hydrogen-bond donors (Lipinski definition) is 2. The van der Waals surface area contributed by atoms with E-state index in [0.717, 1.165) is 32.9 Å². The summed E-state index contributed by atoms with van der Waals surface area (Å²) in [5.74, 6) is 0.460. The SMILES string of the molecule is [C-]#[N+]C1=C(c2cc3ccccc3s2)Nc2[nH]ncc2C1c1cccc2nonc12. The van der Waals surface area contributed by atoms with Crippen LogP contribution in [0.15, 0.2) is 65.1 Å². The van der Waals surface area contributed by atoms with E-state index >= 15 is 0 Å². The minimum Gasteiger partial charge on any atom is -0.349 e. The highest BCUT2D eigenvalue weighted by Gasteiger charge is 2.34. The van der Waals surface area contributed by atoms with Crippen molar-refractivity contribution >= 4 is 44.0 Å². The number of aromatic amines is 1. The molecule has 138 valence electrons. The van der Waals surface area contributed by atoms with Gasteiger partial charge in [-0.25, -0.2) is 9.47 Å². The molecule has 3 aromatic heterocycles. The van der Waals surface area contributed by atoms with Gasteiger partial charge in [0.15, 0.2) is 0 Å². The summed E-state index contributed by atoms with van der Waals surface area (Å²) in [4.78, 5) is 4.96. The number of hydrogen-bond acceptors (Lipinski definition) is 6. The fraction of sp³-hybridized carbons (Fsp3) is 0.0476. The smallest absolute Gasteiger partial charge is 0.201 e. The molecule has 0 bridgehead atoms. The number of anilines is 1. The molecular formula is C21H12N6OS. The summed E-state index contributed by atoms with van der Waals surface area (Å²) in [6.07, 6.45) is 1.76. The molecule has 1 atom stereocenters. The maximum absolute atomic E-state index is 8.00. The first kappa shape index (κ1) is 16.0.